The molecule has 1 fully saturated rings. The van der Waals surface area contributed by atoms with E-state index in [0.717, 1.165) is 18.9 Å². The standard InChI is InChI=1S/C19H28N2/c1-15(2)20-12-11-17-14-21(13-16-7-3-4-8-16)19-10-6-5-9-18(17)19/h5-6,9-10,14-16,20H,3-4,7-8,11-13H2,1-2H3. The molecule has 1 aromatic heterocycles. The van der Waals surface area contributed by atoms with Gasteiger partial charge in [0.2, 0.25) is 0 Å². The maximum Gasteiger partial charge on any atom is 0.0483 e. The fourth-order valence-corrected chi connectivity index (χ4v) is 3.64. The van der Waals surface area contributed by atoms with E-state index in [9.17, 15) is 0 Å². The molecule has 0 radical (unpaired) electrons. The van der Waals surface area contributed by atoms with E-state index in [1.54, 1.807) is 0 Å². The minimum atomic E-state index is 0.567. The van der Waals surface area contributed by atoms with E-state index in [1.807, 2.05) is 0 Å². The van der Waals surface area contributed by atoms with Crippen LogP contribution in [0.15, 0.2) is 30.5 Å². The molecule has 1 saturated carbocycles. The third kappa shape index (κ3) is 3.49. The summed E-state index contributed by atoms with van der Waals surface area (Å²) in [5.74, 6) is 0.891. The first-order valence-corrected chi connectivity index (χ1v) is 8.54. The Kier molecular flexibility index (Phi) is 4.64. The normalized spacial score (nSPS) is 16.3. The lowest BCUT2D eigenvalue weighted by Crippen LogP contribution is -2.24. The highest BCUT2D eigenvalue weighted by molar-refractivity contribution is 5.84. The summed E-state index contributed by atoms with van der Waals surface area (Å²) in [7, 11) is 0. The van der Waals surface area contributed by atoms with Gasteiger partial charge in [-0.15, -0.1) is 0 Å². The molecule has 2 nitrogen and oxygen atoms in total. The zero-order valence-electron chi connectivity index (χ0n) is 13.4. The second-order valence-corrected chi connectivity index (χ2v) is 6.83. The molecule has 0 unspecified atom stereocenters. The van der Waals surface area contributed by atoms with Gasteiger partial charge in [-0.25, -0.2) is 0 Å². The van der Waals surface area contributed by atoms with Crippen molar-refractivity contribution in [3.05, 3.63) is 36.0 Å². The monoisotopic (exact) mass is 284 g/mol. The smallest absolute Gasteiger partial charge is 0.0483 e. The number of benzene rings is 1. The Bertz CT molecular complexity index is 576. The van der Waals surface area contributed by atoms with Crippen molar-refractivity contribution in [3.63, 3.8) is 0 Å². The summed E-state index contributed by atoms with van der Waals surface area (Å²) in [6.45, 7) is 6.69. The van der Waals surface area contributed by atoms with Crippen LogP contribution in [0.25, 0.3) is 10.9 Å². The van der Waals surface area contributed by atoms with E-state index in [1.165, 1.54) is 48.7 Å². The Morgan fingerprint density at radius 1 is 1.19 bits per heavy atom. The number of rotatable bonds is 6. The number of para-hydroxylation sites is 1. The van der Waals surface area contributed by atoms with Gasteiger partial charge in [-0.1, -0.05) is 44.9 Å². The van der Waals surface area contributed by atoms with Crippen LogP contribution in [0.3, 0.4) is 0 Å². The fraction of sp³-hybridized carbons (Fsp3) is 0.579. The summed E-state index contributed by atoms with van der Waals surface area (Å²) in [4.78, 5) is 0. The molecular formula is C19H28N2. The molecule has 3 rings (SSSR count). The van der Waals surface area contributed by atoms with Gasteiger partial charge in [-0.05, 0) is 43.4 Å². The molecule has 1 heterocycles. The van der Waals surface area contributed by atoms with Gasteiger partial charge >= 0.3 is 0 Å². The third-order valence-corrected chi connectivity index (χ3v) is 4.75. The Morgan fingerprint density at radius 3 is 2.71 bits per heavy atom. The quantitative estimate of drug-likeness (QED) is 0.833. The van der Waals surface area contributed by atoms with Crippen molar-refractivity contribution in [1.29, 1.82) is 0 Å². The summed E-state index contributed by atoms with van der Waals surface area (Å²) in [6, 6.07) is 9.47. The molecule has 21 heavy (non-hydrogen) atoms. The van der Waals surface area contributed by atoms with Crippen molar-refractivity contribution in [2.24, 2.45) is 5.92 Å². The second-order valence-electron chi connectivity index (χ2n) is 6.83. The van der Waals surface area contributed by atoms with E-state index >= 15 is 0 Å². The van der Waals surface area contributed by atoms with Gasteiger partial charge in [0.15, 0.2) is 0 Å². The first-order valence-electron chi connectivity index (χ1n) is 8.54. The minimum absolute atomic E-state index is 0.567. The van der Waals surface area contributed by atoms with Crippen LogP contribution in [0, 0.1) is 5.92 Å². The highest BCUT2D eigenvalue weighted by atomic mass is 15.0. The highest BCUT2D eigenvalue weighted by Crippen LogP contribution is 2.29. The number of nitrogens with zero attached hydrogens (tertiary/aromatic N) is 1. The lowest BCUT2D eigenvalue weighted by Gasteiger charge is -2.11. The largest absolute Gasteiger partial charge is 0.347 e. The molecule has 0 bridgehead atoms. The Morgan fingerprint density at radius 2 is 1.95 bits per heavy atom. The van der Waals surface area contributed by atoms with E-state index in [4.69, 9.17) is 0 Å². The number of aromatic nitrogens is 1. The summed E-state index contributed by atoms with van der Waals surface area (Å²) in [5.41, 5.74) is 2.92. The van der Waals surface area contributed by atoms with Crippen molar-refractivity contribution in [2.45, 2.75) is 58.5 Å². The maximum absolute atomic E-state index is 3.53. The number of fused-ring (bicyclic) bond motifs is 1. The molecule has 0 amide bonds. The zero-order valence-corrected chi connectivity index (χ0v) is 13.4. The molecule has 2 aromatic rings. The van der Waals surface area contributed by atoms with E-state index < -0.39 is 0 Å². The summed E-state index contributed by atoms with van der Waals surface area (Å²) in [5, 5.41) is 4.98. The second kappa shape index (κ2) is 6.65. The van der Waals surface area contributed by atoms with Gasteiger partial charge in [0.25, 0.3) is 0 Å². The fourth-order valence-electron chi connectivity index (χ4n) is 3.64. The molecule has 1 aliphatic rings. The molecule has 1 aliphatic carbocycles. The average molecular weight is 284 g/mol. The summed E-state index contributed by atoms with van der Waals surface area (Å²) in [6.07, 6.45) is 9.21. The lowest BCUT2D eigenvalue weighted by molar-refractivity contribution is 0.465. The van der Waals surface area contributed by atoms with Crippen LogP contribution in [0.4, 0.5) is 0 Å². The predicted molar refractivity (Wildman–Crippen MR) is 90.7 cm³/mol. The average Bonchev–Trinajstić information content (AvgIpc) is 3.09. The minimum Gasteiger partial charge on any atom is -0.347 e. The van der Waals surface area contributed by atoms with Crippen molar-refractivity contribution in [1.82, 2.24) is 9.88 Å². The van der Waals surface area contributed by atoms with Crippen molar-refractivity contribution >= 4 is 10.9 Å². The van der Waals surface area contributed by atoms with Gasteiger partial charge in [0.05, 0.1) is 0 Å². The van der Waals surface area contributed by atoms with Crippen LogP contribution < -0.4 is 5.32 Å². The molecule has 1 aromatic carbocycles. The Hall–Kier alpha value is -1.28. The van der Waals surface area contributed by atoms with E-state index in [0.29, 0.717) is 6.04 Å². The van der Waals surface area contributed by atoms with Gasteiger partial charge in [0.1, 0.15) is 0 Å². The van der Waals surface area contributed by atoms with Crippen LogP contribution in [0.1, 0.15) is 45.1 Å². The maximum atomic E-state index is 3.53. The van der Waals surface area contributed by atoms with Crippen LogP contribution in [0.5, 0.6) is 0 Å². The Labute approximate surface area is 128 Å². The van der Waals surface area contributed by atoms with E-state index in [2.05, 4.69) is 54.2 Å². The SMILES string of the molecule is CC(C)NCCc1cn(CC2CCCC2)c2ccccc12. The molecule has 0 atom stereocenters. The predicted octanol–water partition coefficient (Wildman–Crippen LogP) is 4.37. The zero-order chi connectivity index (χ0) is 14.7. The molecule has 0 aliphatic heterocycles. The summed E-state index contributed by atoms with van der Waals surface area (Å²) < 4.78 is 2.51. The lowest BCUT2D eigenvalue weighted by atomic mass is 10.1. The molecule has 0 spiro atoms. The van der Waals surface area contributed by atoms with Gasteiger partial charge < -0.3 is 9.88 Å². The van der Waals surface area contributed by atoms with Crippen LogP contribution in [-0.4, -0.2) is 17.2 Å². The van der Waals surface area contributed by atoms with Gasteiger partial charge in [-0.3, -0.25) is 0 Å². The summed E-state index contributed by atoms with van der Waals surface area (Å²) >= 11 is 0. The third-order valence-electron chi connectivity index (χ3n) is 4.75. The van der Waals surface area contributed by atoms with Crippen molar-refractivity contribution in [2.75, 3.05) is 6.54 Å². The van der Waals surface area contributed by atoms with Crippen molar-refractivity contribution in [3.8, 4) is 0 Å². The number of hydrogen-bond acceptors (Lipinski definition) is 1. The van der Waals surface area contributed by atoms with Gasteiger partial charge in [0, 0.05) is 29.7 Å². The van der Waals surface area contributed by atoms with Crippen LogP contribution >= 0.6 is 0 Å². The number of nitrogens with one attached hydrogen (secondary N) is 1. The topological polar surface area (TPSA) is 17.0 Å². The molecule has 0 saturated heterocycles. The molecule has 2 heteroatoms. The van der Waals surface area contributed by atoms with E-state index in [-0.39, 0.29) is 0 Å². The van der Waals surface area contributed by atoms with Crippen molar-refractivity contribution < 1.29 is 0 Å². The molecular weight excluding hydrogens is 256 g/mol. The highest BCUT2D eigenvalue weighted by Gasteiger charge is 2.17. The first-order chi connectivity index (χ1) is 10.2. The van der Waals surface area contributed by atoms with Crippen LogP contribution in [0.2, 0.25) is 0 Å². The number of hydrogen-bond donors (Lipinski definition) is 1. The molecule has 114 valence electrons. The van der Waals surface area contributed by atoms with Crippen LogP contribution in [-0.2, 0) is 13.0 Å². The Balaban J connectivity index is 1.79. The first kappa shape index (κ1) is 14.6. The molecule has 1 N–H and O–H groups in total. The van der Waals surface area contributed by atoms with Gasteiger partial charge in [-0.2, -0.15) is 0 Å².